The average molecular weight is 292 g/mol. The number of nitrogens with two attached hydrogens (primary N) is 1. The van der Waals surface area contributed by atoms with Crippen LogP contribution in [0.3, 0.4) is 0 Å². The third-order valence-electron chi connectivity index (χ3n) is 2.84. The number of nitrogen functional groups attached to an aromatic ring is 1. The summed E-state index contributed by atoms with van der Waals surface area (Å²) in [6, 6.07) is 9.56. The van der Waals surface area contributed by atoms with Crippen molar-refractivity contribution in [3.8, 4) is 0 Å². The molecule has 0 aliphatic carbocycles. The summed E-state index contributed by atoms with van der Waals surface area (Å²) in [5, 5.41) is 7.12. The van der Waals surface area contributed by atoms with Crippen LogP contribution in [0.1, 0.15) is 25.5 Å². The summed E-state index contributed by atoms with van der Waals surface area (Å²) < 4.78 is 0. The van der Waals surface area contributed by atoms with E-state index in [2.05, 4.69) is 20.6 Å². The van der Waals surface area contributed by atoms with Crippen molar-refractivity contribution in [3.05, 3.63) is 40.9 Å². The van der Waals surface area contributed by atoms with Gasteiger partial charge >= 0.3 is 0 Å². The molecule has 1 heterocycles. The van der Waals surface area contributed by atoms with Gasteiger partial charge in [0.15, 0.2) is 0 Å². The van der Waals surface area contributed by atoms with Crippen molar-refractivity contribution in [2.75, 3.05) is 22.9 Å². The molecule has 2 rings (SSSR count). The highest BCUT2D eigenvalue weighted by Crippen LogP contribution is 2.25. The molecule has 5 nitrogen and oxygen atoms in total. The number of aromatic nitrogens is 2. The molecule has 6 heteroatoms. The zero-order valence-electron chi connectivity index (χ0n) is 11.5. The predicted octanol–water partition coefficient (Wildman–Crippen LogP) is 3.32. The van der Waals surface area contributed by atoms with E-state index in [1.165, 1.54) is 0 Å². The lowest BCUT2D eigenvalue weighted by molar-refractivity contribution is 0.873. The molecule has 0 radical (unpaired) electrons. The molecule has 0 amide bonds. The minimum absolute atomic E-state index is 0.0208. The van der Waals surface area contributed by atoms with Crippen LogP contribution in [0.2, 0.25) is 5.02 Å². The second-order valence-electron chi connectivity index (χ2n) is 4.41. The maximum absolute atomic E-state index is 6.19. The third-order valence-corrected chi connectivity index (χ3v) is 3.18. The first kappa shape index (κ1) is 14.4. The quantitative estimate of drug-likeness (QED) is 0.788. The van der Waals surface area contributed by atoms with Crippen molar-refractivity contribution in [1.29, 1.82) is 0 Å². The van der Waals surface area contributed by atoms with E-state index in [0.717, 1.165) is 17.1 Å². The summed E-state index contributed by atoms with van der Waals surface area (Å²) in [6.45, 7) is 4.79. The number of nitrogens with zero attached hydrogens (tertiary/aromatic N) is 2. The van der Waals surface area contributed by atoms with Gasteiger partial charge in [0.05, 0.1) is 6.04 Å². The number of benzene rings is 1. The fourth-order valence-electron chi connectivity index (χ4n) is 1.94. The van der Waals surface area contributed by atoms with Crippen LogP contribution in [-0.4, -0.2) is 16.5 Å². The number of hydrogen-bond donors (Lipinski definition) is 3. The molecule has 4 N–H and O–H groups in total. The zero-order chi connectivity index (χ0) is 14.5. The van der Waals surface area contributed by atoms with Crippen LogP contribution in [0.15, 0.2) is 30.3 Å². The Morgan fingerprint density at radius 3 is 2.65 bits per heavy atom. The second kappa shape index (κ2) is 6.43. The Morgan fingerprint density at radius 2 is 1.95 bits per heavy atom. The van der Waals surface area contributed by atoms with E-state index in [1.54, 1.807) is 0 Å². The number of hydrogen-bond acceptors (Lipinski definition) is 5. The molecule has 0 aliphatic rings. The molecule has 20 heavy (non-hydrogen) atoms. The van der Waals surface area contributed by atoms with E-state index >= 15 is 0 Å². The maximum atomic E-state index is 6.19. The van der Waals surface area contributed by atoms with Gasteiger partial charge in [-0.3, -0.25) is 0 Å². The topological polar surface area (TPSA) is 75.9 Å². The highest BCUT2D eigenvalue weighted by molar-refractivity contribution is 6.31. The maximum Gasteiger partial charge on any atom is 0.223 e. The van der Waals surface area contributed by atoms with Crippen LogP contribution in [0.5, 0.6) is 0 Å². The molecule has 1 unspecified atom stereocenters. The minimum Gasteiger partial charge on any atom is -0.370 e. The Labute approximate surface area is 123 Å². The van der Waals surface area contributed by atoms with Crippen molar-refractivity contribution in [2.45, 2.75) is 19.9 Å². The van der Waals surface area contributed by atoms with E-state index in [0.29, 0.717) is 11.6 Å². The molecule has 106 valence electrons. The lowest BCUT2D eigenvalue weighted by Gasteiger charge is -2.17. The van der Waals surface area contributed by atoms with Gasteiger partial charge in [-0.2, -0.15) is 9.97 Å². The Morgan fingerprint density at radius 1 is 1.25 bits per heavy atom. The fourth-order valence-corrected chi connectivity index (χ4v) is 2.24. The number of rotatable bonds is 5. The smallest absolute Gasteiger partial charge is 0.223 e. The molecule has 0 bridgehead atoms. The number of anilines is 3. The first-order chi connectivity index (χ1) is 9.60. The summed E-state index contributed by atoms with van der Waals surface area (Å²) in [7, 11) is 0. The van der Waals surface area contributed by atoms with Crippen LogP contribution < -0.4 is 16.4 Å². The van der Waals surface area contributed by atoms with E-state index in [9.17, 15) is 0 Å². The van der Waals surface area contributed by atoms with Gasteiger partial charge in [-0.1, -0.05) is 29.8 Å². The second-order valence-corrected chi connectivity index (χ2v) is 4.82. The standard InChI is InChI=1S/C14H18ClN5/c1-3-17-12-8-13(20-14(16)19-12)18-9(2)10-6-4-5-7-11(10)15/h4-9H,3H2,1-2H3,(H4,16,17,18,19,20). The van der Waals surface area contributed by atoms with Crippen molar-refractivity contribution in [1.82, 2.24) is 9.97 Å². The average Bonchev–Trinajstić information content (AvgIpc) is 2.38. The lowest BCUT2D eigenvalue weighted by Crippen LogP contribution is -2.11. The first-order valence-corrected chi connectivity index (χ1v) is 6.87. The van der Waals surface area contributed by atoms with Crippen LogP contribution in [-0.2, 0) is 0 Å². The van der Waals surface area contributed by atoms with Crippen LogP contribution in [0.4, 0.5) is 17.6 Å². The van der Waals surface area contributed by atoms with Crippen LogP contribution in [0, 0.1) is 0 Å². The first-order valence-electron chi connectivity index (χ1n) is 6.49. The highest BCUT2D eigenvalue weighted by atomic mass is 35.5. The monoisotopic (exact) mass is 291 g/mol. The van der Waals surface area contributed by atoms with Gasteiger partial charge in [-0.05, 0) is 25.5 Å². The normalized spacial score (nSPS) is 11.9. The van der Waals surface area contributed by atoms with Gasteiger partial charge in [-0.15, -0.1) is 0 Å². The van der Waals surface area contributed by atoms with Gasteiger partial charge in [0, 0.05) is 17.6 Å². The summed E-state index contributed by atoms with van der Waals surface area (Å²) in [5.74, 6) is 1.60. The minimum atomic E-state index is 0.0208. The Kier molecular flexibility index (Phi) is 4.63. The molecular weight excluding hydrogens is 274 g/mol. The SMILES string of the molecule is CCNc1cc(NC(C)c2ccccc2Cl)nc(N)n1. The van der Waals surface area contributed by atoms with Gasteiger partial charge in [0.25, 0.3) is 0 Å². The van der Waals surface area contributed by atoms with Gasteiger partial charge in [0.2, 0.25) is 5.95 Å². The number of halogens is 1. The van der Waals surface area contributed by atoms with E-state index in [-0.39, 0.29) is 12.0 Å². The fraction of sp³-hybridized carbons (Fsp3) is 0.286. The summed E-state index contributed by atoms with van der Waals surface area (Å²) >= 11 is 6.19. The summed E-state index contributed by atoms with van der Waals surface area (Å²) in [4.78, 5) is 8.29. The van der Waals surface area contributed by atoms with Gasteiger partial charge in [-0.25, -0.2) is 0 Å². The van der Waals surface area contributed by atoms with Gasteiger partial charge in [0.1, 0.15) is 11.6 Å². The van der Waals surface area contributed by atoms with Crippen molar-refractivity contribution in [2.24, 2.45) is 0 Å². The molecule has 0 fully saturated rings. The predicted molar refractivity (Wildman–Crippen MR) is 84.1 cm³/mol. The molecular formula is C14H18ClN5. The Bertz CT molecular complexity index is 588. The third kappa shape index (κ3) is 3.51. The summed E-state index contributed by atoms with van der Waals surface area (Å²) in [6.07, 6.45) is 0. The van der Waals surface area contributed by atoms with Crippen molar-refractivity contribution in [3.63, 3.8) is 0 Å². The van der Waals surface area contributed by atoms with Crippen LogP contribution in [0.25, 0.3) is 0 Å². The molecule has 2 aromatic rings. The molecule has 0 aliphatic heterocycles. The number of nitrogens with one attached hydrogen (secondary N) is 2. The van der Waals surface area contributed by atoms with Crippen molar-refractivity contribution >= 4 is 29.2 Å². The van der Waals surface area contributed by atoms with E-state index < -0.39 is 0 Å². The molecule has 0 saturated heterocycles. The van der Waals surface area contributed by atoms with Crippen LogP contribution >= 0.6 is 11.6 Å². The molecule has 1 aromatic heterocycles. The Hall–Kier alpha value is -2.01. The van der Waals surface area contributed by atoms with Gasteiger partial charge < -0.3 is 16.4 Å². The Balaban J connectivity index is 2.19. The van der Waals surface area contributed by atoms with E-state index in [4.69, 9.17) is 17.3 Å². The van der Waals surface area contributed by atoms with Crippen molar-refractivity contribution < 1.29 is 0 Å². The summed E-state index contributed by atoms with van der Waals surface area (Å²) in [5.41, 5.74) is 6.72. The zero-order valence-corrected chi connectivity index (χ0v) is 12.3. The largest absolute Gasteiger partial charge is 0.370 e. The lowest BCUT2D eigenvalue weighted by atomic mass is 10.1. The highest BCUT2D eigenvalue weighted by Gasteiger charge is 2.10. The molecule has 0 saturated carbocycles. The molecule has 1 atom stereocenters. The van der Waals surface area contributed by atoms with E-state index in [1.807, 2.05) is 44.2 Å². The molecule has 1 aromatic carbocycles. The molecule has 0 spiro atoms.